The molecule has 6 nitrogen and oxygen atoms in total. The number of carbonyl (C=O) groups excluding carboxylic acids is 1. The highest BCUT2D eigenvalue weighted by Crippen LogP contribution is 2.26. The van der Waals surface area contributed by atoms with Gasteiger partial charge in [0, 0.05) is 26.1 Å². The van der Waals surface area contributed by atoms with Crippen LogP contribution in [0, 0.1) is 5.82 Å². The van der Waals surface area contributed by atoms with Crippen LogP contribution in [0.4, 0.5) is 4.39 Å². The molecule has 2 aromatic rings. The summed E-state index contributed by atoms with van der Waals surface area (Å²) in [7, 11) is 0. The number of halogens is 1. The zero-order chi connectivity index (χ0) is 17.2. The second kappa shape index (κ2) is 6.45. The monoisotopic (exact) mass is 333 g/mol. The predicted octanol–water partition coefficient (Wildman–Crippen LogP) is 2.45. The topological polar surface area (TPSA) is 88.8 Å². The van der Waals surface area contributed by atoms with Gasteiger partial charge in [-0.05, 0) is 24.3 Å². The molecule has 2 N–H and O–H groups in total. The highest BCUT2D eigenvalue weighted by atomic mass is 19.1. The van der Waals surface area contributed by atoms with Gasteiger partial charge in [-0.15, -0.1) is 0 Å². The SMILES string of the molecule is O=C(NC1(C(=O)O)CCOCC1)c1ccc(-c2ccccc2F)o1. The number of aliphatic carboxylic acids is 1. The second-order valence-electron chi connectivity index (χ2n) is 5.60. The van der Waals surface area contributed by atoms with E-state index in [4.69, 9.17) is 9.15 Å². The number of carboxylic acid groups (broad SMARTS) is 1. The van der Waals surface area contributed by atoms with Crippen LogP contribution in [0.25, 0.3) is 11.3 Å². The van der Waals surface area contributed by atoms with Crippen molar-refractivity contribution in [3.05, 3.63) is 48.0 Å². The van der Waals surface area contributed by atoms with Gasteiger partial charge in [0.15, 0.2) is 5.76 Å². The van der Waals surface area contributed by atoms with Gasteiger partial charge in [-0.2, -0.15) is 0 Å². The molecule has 0 saturated carbocycles. The summed E-state index contributed by atoms with van der Waals surface area (Å²) < 4.78 is 24.3. The summed E-state index contributed by atoms with van der Waals surface area (Å²) in [6.07, 6.45) is 0.351. The van der Waals surface area contributed by atoms with Gasteiger partial charge in [-0.1, -0.05) is 12.1 Å². The summed E-state index contributed by atoms with van der Waals surface area (Å²) in [4.78, 5) is 23.9. The Hall–Kier alpha value is -2.67. The van der Waals surface area contributed by atoms with E-state index in [-0.39, 0.29) is 43.1 Å². The van der Waals surface area contributed by atoms with Crippen LogP contribution in [0.1, 0.15) is 23.4 Å². The van der Waals surface area contributed by atoms with Gasteiger partial charge in [-0.3, -0.25) is 4.79 Å². The Kier molecular flexibility index (Phi) is 4.35. The predicted molar refractivity (Wildman–Crippen MR) is 82.0 cm³/mol. The Morgan fingerprint density at radius 3 is 2.50 bits per heavy atom. The first-order valence-corrected chi connectivity index (χ1v) is 7.50. The summed E-state index contributed by atoms with van der Waals surface area (Å²) in [5.74, 6) is -2.10. The zero-order valence-corrected chi connectivity index (χ0v) is 12.8. The lowest BCUT2D eigenvalue weighted by Crippen LogP contribution is -2.57. The van der Waals surface area contributed by atoms with Crippen LogP contribution in [0.5, 0.6) is 0 Å². The fourth-order valence-corrected chi connectivity index (χ4v) is 2.66. The molecule has 2 heterocycles. The first-order valence-electron chi connectivity index (χ1n) is 7.50. The molecule has 1 saturated heterocycles. The molecule has 1 aliphatic rings. The smallest absolute Gasteiger partial charge is 0.329 e. The van der Waals surface area contributed by atoms with Gasteiger partial charge < -0.3 is 19.6 Å². The van der Waals surface area contributed by atoms with Gasteiger partial charge in [-0.25, -0.2) is 9.18 Å². The van der Waals surface area contributed by atoms with Crippen LogP contribution < -0.4 is 5.32 Å². The van der Waals surface area contributed by atoms with E-state index in [0.717, 1.165) is 0 Å². The van der Waals surface area contributed by atoms with Crippen molar-refractivity contribution in [1.82, 2.24) is 5.32 Å². The summed E-state index contributed by atoms with van der Waals surface area (Å²) in [5, 5.41) is 12.0. The molecule has 7 heteroatoms. The van der Waals surface area contributed by atoms with Crippen molar-refractivity contribution >= 4 is 11.9 Å². The average molecular weight is 333 g/mol. The lowest BCUT2D eigenvalue weighted by atomic mass is 9.90. The molecule has 3 rings (SSSR count). The Morgan fingerprint density at radius 1 is 1.12 bits per heavy atom. The number of ether oxygens (including phenoxy) is 1. The Morgan fingerprint density at radius 2 is 1.83 bits per heavy atom. The molecule has 1 aromatic carbocycles. The molecule has 0 bridgehead atoms. The maximum Gasteiger partial charge on any atom is 0.329 e. The van der Waals surface area contributed by atoms with Crippen LogP contribution in [0.3, 0.4) is 0 Å². The lowest BCUT2D eigenvalue weighted by molar-refractivity contribution is -0.148. The summed E-state index contributed by atoms with van der Waals surface area (Å²) in [5.41, 5.74) is -1.14. The zero-order valence-electron chi connectivity index (χ0n) is 12.8. The third-order valence-corrected chi connectivity index (χ3v) is 4.08. The quantitative estimate of drug-likeness (QED) is 0.897. The Balaban J connectivity index is 1.81. The number of nitrogens with one attached hydrogen (secondary N) is 1. The van der Waals surface area contributed by atoms with Crippen molar-refractivity contribution in [2.24, 2.45) is 0 Å². The Labute approximate surface area is 137 Å². The van der Waals surface area contributed by atoms with Crippen LogP contribution >= 0.6 is 0 Å². The largest absolute Gasteiger partial charge is 0.480 e. The average Bonchev–Trinajstić information content (AvgIpc) is 3.06. The highest BCUT2D eigenvalue weighted by Gasteiger charge is 2.42. The van der Waals surface area contributed by atoms with Gasteiger partial charge in [0.1, 0.15) is 17.1 Å². The first-order chi connectivity index (χ1) is 11.5. The second-order valence-corrected chi connectivity index (χ2v) is 5.60. The maximum absolute atomic E-state index is 13.8. The first kappa shape index (κ1) is 16.2. The van der Waals surface area contributed by atoms with Gasteiger partial charge in [0.2, 0.25) is 0 Å². The third kappa shape index (κ3) is 3.03. The molecule has 0 aliphatic carbocycles. The molecule has 24 heavy (non-hydrogen) atoms. The van der Waals surface area contributed by atoms with Crippen LogP contribution in [-0.2, 0) is 9.53 Å². The third-order valence-electron chi connectivity index (χ3n) is 4.08. The molecule has 0 radical (unpaired) electrons. The molecular formula is C17H16FNO5. The van der Waals surface area contributed by atoms with Gasteiger partial charge in [0.05, 0.1) is 5.56 Å². The fraction of sp³-hybridized carbons (Fsp3) is 0.294. The van der Waals surface area contributed by atoms with E-state index >= 15 is 0 Å². The van der Waals surface area contributed by atoms with Crippen LogP contribution in [-0.4, -0.2) is 35.7 Å². The van der Waals surface area contributed by atoms with Gasteiger partial charge in [0.25, 0.3) is 5.91 Å². The van der Waals surface area contributed by atoms with Crippen molar-refractivity contribution in [1.29, 1.82) is 0 Å². The number of rotatable bonds is 4. The number of furan rings is 1. The molecule has 0 atom stereocenters. The van der Waals surface area contributed by atoms with Crippen molar-refractivity contribution in [3.63, 3.8) is 0 Å². The lowest BCUT2D eigenvalue weighted by Gasteiger charge is -2.33. The molecular weight excluding hydrogens is 317 g/mol. The van der Waals surface area contributed by atoms with E-state index < -0.39 is 23.2 Å². The standard InChI is InChI=1S/C17H16FNO5/c18-12-4-2-1-3-11(12)13-5-6-14(24-13)15(20)19-17(16(21)22)7-9-23-10-8-17/h1-6H,7-10H2,(H,19,20)(H,21,22). The Bertz CT molecular complexity index is 764. The minimum Gasteiger partial charge on any atom is -0.480 e. The summed E-state index contributed by atoms with van der Waals surface area (Å²) >= 11 is 0. The van der Waals surface area contributed by atoms with Crippen molar-refractivity contribution in [2.45, 2.75) is 18.4 Å². The van der Waals surface area contributed by atoms with E-state index in [1.807, 2.05) is 0 Å². The minimum absolute atomic E-state index is 0.0691. The summed E-state index contributed by atoms with van der Waals surface area (Å²) in [6, 6.07) is 8.90. The van der Waals surface area contributed by atoms with E-state index in [0.29, 0.717) is 0 Å². The van der Waals surface area contributed by atoms with Crippen molar-refractivity contribution < 1.29 is 28.2 Å². The minimum atomic E-state index is -1.37. The maximum atomic E-state index is 13.8. The van der Waals surface area contributed by atoms with E-state index in [1.54, 1.807) is 12.1 Å². The van der Waals surface area contributed by atoms with Gasteiger partial charge >= 0.3 is 5.97 Å². The molecule has 1 amide bonds. The van der Waals surface area contributed by atoms with Crippen LogP contribution in [0.2, 0.25) is 0 Å². The molecule has 1 aromatic heterocycles. The number of carbonyl (C=O) groups is 2. The van der Waals surface area contributed by atoms with Crippen molar-refractivity contribution in [2.75, 3.05) is 13.2 Å². The molecule has 0 unspecified atom stereocenters. The highest BCUT2D eigenvalue weighted by molar-refractivity contribution is 5.96. The number of hydrogen-bond acceptors (Lipinski definition) is 4. The fourth-order valence-electron chi connectivity index (χ4n) is 2.66. The number of hydrogen-bond donors (Lipinski definition) is 2. The van der Waals surface area contributed by atoms with E-state index in [9.17, 15) is 19.1 Å². The van der Waals surface area contributed by atoms with Crippen LogP contribution in [0.15, 0.2) is 40.8 Å². The number of benzene rings is 1. The molecule has 126 valence electrons. The van der Waals surface area contributed by atoms with Crippen molar-refractivity contribution in [3.8, 4) is 11.3 Å². The van der Waals surface area contributed by atoms with E-state index in [1.165, 1.54) is 24.3 Å². The molecule has 1 aliphatic heterocycles. The number of carboxylic acids is 1. The normalized spacial score (nSPS) is 16.5. The summed E-state index contributed by atoms with van der Waals surface area (Å²) in [6.45, 7) is 0.510. The molecule has 1 fully saturated rings. The van der Waals surface area contributed by atoms with E-state index in [2.05, 4.69) is 5.32 Å². The molecule has 0 spiro atoms. The number of amides is 1.